The molecule has 0 radical (unpaired) electrons. The average Bonchev–Trinajstić information content (AvgIpc) is 3.56. The van der Waals surface area contributed by atoms with E-state index in [2.05, 4.69) is 34.4 Å². The van der Waals surface area contributed by atoms with Crippen LogP contribution in [0.2, 0.25) is 5.02 Å². The van der Waals surface area contributed by atoms with Gasteiger partial charge >= 0.3 is 5.97 Å². The molecule has 4 rings (SSSR count). The molecule has 12 heteroatoms. The van der Waals surface area contributed by atoms with E-state index in [1.54, 1.807) is 31.2 Å². The highest BCUT2D eigenvalue weighted by Gasteiger charge is 2.77. The molecule has 3 aliphatic heterocycles. The highest BCUT2D eigenvalue weighted by molar-refractivity contribution is 9.09. The molecule has 1 unspecified atom stereocenters. The number of likely N-dealkylation sites (tertiary alicyclic amines) is 1. The number of nitrogens with one attached hydrogen (secondary N) is 1. The number of para-hydroxylation sites is 1. The molecule has 7 atom stereocenters. The van der Waals surface area contributed by atoms with Gasteiger partial charge in [0.2, 0.25) is 11.8 Å². The summed E-state index contributed by atoms with van der Waals surface area (Å²) >= 11 is 10.2. The molecule has 3 amide bonds. The monoisotopic (exact) mass is 679 g/mol. The number of allylic oxidation sites excluding steroid dienone is 1. The number of aliphatic hydroxyl groups excluding tert-OH is 1. The largest absolute Gasteiger partial charge is 0.460 e. The van der Waals surface area contributed by atoms with Crippen molar-refractivity contribution in [3.05, 3.63) is 54.1 Å². The maximum Gasteiger partial charge on any atom is 0.312 e. The van der Waals surface area contributed by atoms with Gasteiger partial charge in [-0.15, -0.1) is 13.2 Å². The van der Waals surface area contributed by atoms with Gasteiger partial charge in [0.05, 0.1) is 35.2 Å². The maximum absolute atomic E-state index is 14.6. The number of alkyl halides is 1. The predicted octanol–water partition coefficient (Wildman–Crippen LogP) is 3.31. The lowest BCUT2D eigenvalue weighted by Crippen LogP contribution is -2.57. The Labute approximate surface area is 265 Å². The summed E-state index contributed by atoms with van der Waals surface area (Å²) in [6.45, 7) is 11.1. The number of aryl methyl sites for hydroxylation is 1. The molecule has 1 aromatic rings. The third kappa shape index (κ3) is 6.27. The summed E-state index contributed by atoms with van der Waals surface area (Å²) in [4.78, 5) is 57.0. The number of fused-ring (bicyclic) bond motifs is 1. The minimum absolute atomic E-state index is 0.101. The van der Waals surface area contributed by atoms with Crippen LogP contribution in [0.15, 0.2) is 43.5 Å². The van der Waals surface area contributed by atoms with E-state index >= 15 is 0 Å². The second kappa shape index (κ2) is 13.9. The zero-order valence-corrected chi connectivity index (χ0v) is 26.8. The van der Waals surface area contributed by atoms with Crippen molar-refractivity contribution in [2.45, 2.75) is 68.2 Å². The van der Waals surface area contributed by atoms with Gasteiger partial charge in [-0.05, 0) is 44.7 Å². The lowest BCUT2D eigenvalue weighted by atomic mass is 9.70. The Bertz CT molecular complexity index is 1260. The van der Waals surface area contributed by atoms with Gasteiger partial charge in [-0.2, -0.15) is 0 Å². The van der Waals surface area contributed by atoms with Crippen LogP contribution in [0.4, 0.5) is 5.69 Å². The lowest BCUT2D eigenvalue weighted by Gasteiger charge is -2.37. The van der Waals surface area contributed by atoms with E-state index in [4.69, 9.17) is 21.1 Å². The predicted molar refractivity (Wildman–Crippen MR) is 166 cm³/mol. The lowest BCUT2D eigenvalue weighted by molar-refractivity contribution is -0.159. The van der Waals surface area contributed by atoms with Gasteiger partial charge in [-0.3, -0.25) is 19.2 Å². The number of hydrogen-bond donors (Lipinski definition) is 2. The summed E-state index contributed by atoms with van der Waals surface area (Å²) in [6.07, 6.45) is 3.26. The summed E-state index contributed by atoms with van der Waals surface area (Å²) in [6, 6.07) is 4.26. The van der Waals surface area contributed by atoms with Gasteiger partial charge in [0.25, 0.3) is 5.91 Å². The fourth-order valence-electron chi connectivity index (χ4n) is 6.59. The first-order chi connectivity index (χ1) is 20.5. The minimum Gasteiger partial charge on any atom is -0.460 e. The number of esters is 1. The highest BCUT2D eigenvalue weighted by Crippen LogP contribution is 2.60. The van der Waals surface area contributed by atoms with Gasteiger partial charge in [-0.25, -0.2) is 0 Å². The minimum atomic E-state index is -1.30. The van der Waals surface area contributed by atoms with Gasteiger partial charge < -0.3 is 29.7 Å². The summed E-state index contributed by atoms with van der Waals surface area (Å²) < 4.78 is 12.3. The molecular weight excluding hydrogens is 642 g/mol. The molecule has 3 saturated heterocycles. The van der Waals surface area contributed by atoms with Crippen LogP contribution in [0.25, 0.3) is 0 Å². The Kier molecular flexibility index (Phi) is 10.7. The van der Waals surface area contributed by atoms with Crippen molar-refractivity contribution < 1.29 is 33.8 Å². The van der Waals surface area contributed by atoms with Gasteiger partial charge in [0.15, 0.2) is 0 Å². The maximum atomic E-state index is 14.6. The van der Waals surface area contributed by atoms with E-state index in [-0.39, 0.29) is 49.8 Å². The number of hydrogen-bond acceptors (Lipinski definition) is 7. The molecule has 10 nitrogen and oxygen atoms in total. The first-order valence-electron chi connectivity index (χ1n) is 14.5. The normalized spacial score (nSPS) is 27.9. The standard InChI is InChI=1S/C31H39BrClN3O7/c1-5-7-12-22(38)34-17-19(4)42-30(41)23-24-28(39)36(14-9-15-37)27(31(24)16-20(32)26(23)43-31)29(40)35(13-6-2)25-18(3)10-8-11-21(25)33/h5-6,8,10-11,19-20,23-24,26-27,37H,1-2,7,9,12-17H2,3-4H3,(H,34,38)/t19-,20?,23-,24+,26-,27-,31+/m1/s1. The van der Waals surface area contributed by atoms with Crippen LogP contribution >= 0.6 is 27.5 Å². The zero-order valence-electron chi connectivity index (χ0n) is 24.5. The van der Waals surface area contributed by atoms with Crippen LogP contribution in [-0.4, -0.2) is 88.6 Å². The molecule has 3 aliphatic rings. The molecule has 2 N–H and O–H groups in total. The van der Waals surface area contributed by atoms with Crippen LogP contribution < -0.4 is 10.2 Å². The molecule has 2 bridgehead atoms. The van der Waals surface area contributed by atoms with Gasteiger partial charge in [0.1, 0.15) is 17.7 Å². The summed E-state index contributed by atoms with van der Waals surface area (Å²) in [5, 5.41) is 12.7. The number of amides is 3. The smallest absolute Gasteiger partial charge is 0.312 e. The molecule has 0 saturated carbocycles. The van der Waals surface area contributed by atoms with Crippen molar-refractivity contribution >= 4 is 56.9 Å². The third-order valence-corrected chi connectivity index (χ3v) is 9.52. The zero-order chi connectivity index (χ0) is 31.5. The highest BCUT2D eigenvalue weighted by atomic mass is 79.9. The first kappa shape index (κ1) is 33.2. The molecular formula is C31H39BrClN3O7. The fourth-order valence-corrected chi connectivity index (χ4v) is 7.86. The molecule has 43 heavy (non-hydrogen) atoms. The van der Waals surface area contributed by atoms with Gasteiger partial charge in [0, 0.05) is 30.9 Å². The number of benzene rings is 1. The molecule has 3 heterocycles. The van der Waals surface area contributed by atoms with E-state index in [0.29, 0.717) is 23.6 Å². The van der Waals surface area contributed by atoms with Crippen molar-refractivity contribution in [1.29, 1.82) is 0 Å². The number of ether oxygens (including phenoxy) is 2. The van der Waals surface area contributed by atoms with E-state index in [9.17, 15) is 24.3 Å². The Morgan fingerprint density at radius 2 is 2.09 bits per heavy atom. The average molecular weight is 681 g/mol. The number of halogens is 2. The van der Waals surface area contributed by atoms with Crippen LogP contribution in [0.5, 0.6) is 0 Å². The van der Waals surface area contributed by atoms with E-state index in [1.807, 2.05) is 13.0 Å². The molecule has 234 valence electrons. The van der Waals surface area contributed by atoms with Crippen molar-refractivity contribution in [1.82, 2.24) is 10.2 Å². The Hall–Kier alpha value is -2.73. The summed E-state index contributed by atoms with van der Waals surface area (Å²) in [7, 11) is 0. The number of carbonyl (C=O) groups is 4. The third-order valence-electron chi connectivity index (χ3n) is 8.37. The second-order valence-electron chi connectivity index (χ2n) is 11.3. The quantitative estimate of drug-likeness (QED) is 0.176. The molecule has 0 aromatic heterocycles. The molecule has 1 aromatic carbocycles. The molecule has 3 fully saturated rings. The summed E-state index contributed by atoms with van der Waals surface area (Å²) in [5.74, 6) is -3.53. The van der Waals surface area contributed by atoms with E-state index in [0.717, 1.165) is 5.56 Å². The number of nitrogens with zero attached hydrogens (tertiary/aromatic N) is 2. The fraction of sp³-hybridized carbons (Fsp3) is 0.548. The molecule has 0 aliphatic carbocycles. The van der Waals surface area contributed by atoms with Crippen molar-refractivity contribution in [3.8, 4) is 0 Å². The van der Waals surface area contributed by atoms with Crippen LogP contribution in [0.1, 0.15) is 38.2 Å². The summed E-state index contributed by atoms with van der Waals surface area (Å²) in [5.41, 5.74) is -0.0283. The first-order valence-corrected chi connectivity index (χ1v) is 15.8. The number of anilines is 1. The van der Waals surface area contributed by atoms with Crippen LogP contribution in [0, 0.1) is 18.8 Å². The Balaban J connectivity index is 1.65. The Morgan fingerprint density at radius 1 is 1.35 bits per heavy atom. The Morgan fingerprint density at radius 3 is 2.74 bits per heavy atom. The number of carbonyl (C=O) groups excluding carboxylic acids is 4. The second-order valence-corrected chi connectivity index (χ2v) is 12.9. The topological polar surface area (TPSA) is 125 Å². The van der Waals surface area contributed by atoms with Gasteiger partial charge in [-0.1, -0.05) is 51.8 Å². The van der Waals surface area contributed by atoms with Crippen molar-refractivity contribution in [2.75, 3.05) is 31.1 Å². The van der Waals surface area contributed by atoms with Crippen molar-refractivity contribution in [3.63, 3.8) is 0 Å². The SMILES string of the molecule is C=CCCC(=O)NC[C@@H](C)OC(=O)[C@H]1[C@@H]2O[C@@]3(CC2Br)[C@@H]1C(=O)N(CCCO)[C@@H]3C(=O)N(CC=C)c1c(C)cccc1Cl. The van der Waals surface area contributed by atoms with Crippen molar-refractivity contribution in [2.24, 2.45) is 11.8 Å². The molecule has 1 spiro atoms. The van der Waals surface area contributed by atoms with Crippen LogP contribution in [-0.2, 0) is 28.7 Å². The van der Waals surface area contributed by atoms with E-state index in [1.165, 1.54) is 9.80 Å². The van der Waals surface area contributed by atoms with Crippen LogP contribution in [0.3, 0.4) is 0 Å². The number of rotatable bonds is 14. The number of aliphatic hydroxyl groups is 1. The van der Waals surface area contributed by atoms with E-state index < -0.39 is 53.5 Å².